The van der Waals surface area contributed by atoms with Crippen molar-refractivity contribution in [2.75, 3.05) is 0 Å². The van der Waals surface area contributed by atoms with Gasteiger partial charge < -0.3 is 0 Å². The molecular formula is C17H14. The van der Waals surface area contributed by atoms with Gasteiger partial charge in [0.15, 0.2) is 0 Å². The Morgan fingerprint density at radius 2 is 1.47 bits per heavy atom. The molecule has 0 spiro atoms. The molecule has 0 heterocycles. The van der Waals surface area contributed by atoms with Crippen LogP contribution in [0.2, 0.25) is 0 Å². The molecule has 0 fully saturated rings. The Balaban J connectivity index is 2.03. The minimum atomic E-state index is 1.06. The number of allylic oxidation sites excluding steroid dienone is 4. The van der Waals surface area contributed by atoms with E-state index in [1.807, 2.05) is 0 Å². The highest BCUT2D eigenvalue weighted by Gasteiger charge is 2.03. The van der Waals surface area contributed by atoms with Crippen molar-refractivity contribution in [3.05, 3.63) is 78.4 Å². The minimum Gasteiger partial charge on any atom is -0.0801 e. The molecule has 0 nitrogen and oxygen atoms in total. The number of rotatable bonds is 2. The summed E-state index contributed by atoms with van der Waals surface area (Å²) in [6.45, 7) is 0. The molecule has 1 aliphatic rings. The Morgan fingerprint density at radius 3 is 2.24 bits per heavy atom. The van der Waals surface area contributed by atoms with Gasteiger partial charge in [-0.1, -0.05) is 66.8 Å². The molecule has 3 rings (SSSR count). The van der Waals surface area contributed by atoms with Crippen molar-refractivity contribution in [2.24, 2.45) is 0 Å². The predicted octanol–water partition coefficient (Wildman–Crippen LogP) is 4.70. The molecule has 0 amide bonds. The van der Waals surface area contributed by atoms with E-state index in [1.165, 1.54) is 22.3 Å². The summed E-state index contributed by atoms with van der Waals surface area (Å²) in [4.78, 5) is 0. The van der Waals surface area contributed by atoms with E-state index >= 15 is 0 Å². The molecule has 2 aromatic rings. The number of benzene rings is 2. The van der Waals surface area contributed by atoms with E-state index in [9.17, 15) is 0 Å². The van der Waals surface area contributed by atoms with E-state index in [2.05, 4.69) is 72.8 Å². The zero-order valence-electron chi connectivity index (χ0n) is 9.64. The Hall–Kier alpha value is -2.08. The van der Waals surface area contributed by atoms with E-state index in [-0.39, 0.29) is 0 Å². The first-order chi connectivity index (χ1) is 8.43. The lowest BCUT2D eigenvalue weighted by molar-refractivity contribution is 1.45. The highest BCUT2D eigenvalue weighted by atomic mass is 14.1. The van der Waals surface area contributed by atoms with Crippen molar-refractivity contribution < 1.29 is 0 Å². The van der Waals surface area contributed by atoms with Gasteiger partial charge in [0.2, 0.25) is 0 Å². The fourth-order valence-electron chi connectivity index (χ4n) is 2.18. The predicted molar refractivity (Wildman–Crippen MR) is 73.6 cm³/mol. The first kappa shape index (κ1) is 10.1. The number of hydrogen-bond donors (Lipinski definition) is 0. The van der Waals surface area contributed by atoms with Gasteiger partial charge in [0, 0.05) is 0 Å². The van der Waals surface area contributed by atoms with Crippen LogP contribution in [-0.2, 0) is 0 Å². The summed E-state index contributed by atoms with van der Waals surface area (Å²) in [7, 11) is 0. The van der Waals surface area contributed by atoms with E-state index in [0.29, 0.717) is 0 Å². The van der Waals surface area contributed by atoms with Crippen molar-refractivity contribution in [2.45, 2.75) is 6.42 Å². The molecule has 0 N–H and O–H groups in total. The molecule has 1 aliphatic carbocycles. The average Bonchev–Trinajstić information content (AvgIpc) is 2.94. The maximum Gasteiger partial charge on any atom is -0.0157 e. The first-order valence-electron chi connectivity index (χ1n) is 5.96. The van der Waals surface area contributed by atoms with Gasteiger partial charge >= 0.3 is 0 Å². The second-order valence-corrected chi connectivity index (χ2v) is 4.24. The van der Waals surface area contributed by atoms with Crippen LogP contribution >= 0.6 is 0 Å². The molecule has 0 aliphatic heterocycles. The van der Waals surface area contributed by atoms with Crippen LogP contribution in [0.3, 0.4) is 0 Å². The second-order valence-electron chi connectivity index (χ2n) is 4.24. The Bertz CT molecular complexity index is 574. The molecule has 0 saturated heterocycles. The van der Waals surface area contributed by atoms with E-state index in [4.69, 9.17) is 0 Å². The smallest absolute Gasteiger partial charge is 0.0157 e. The van der Waals surface area contributed by atoms with Crippen LogP contribution in [0.15, 0.2) is 72.8 Å². The van der Waals surface area contributed by atoms with Gasteiger partial charge in [0.05, 0.1) is 0 Å². The van der Waals surface area contributed by atoms with Crippen molar-refractivity contribution >= 4 is 5.57 Å². The van der Waals surface area contributed by atoms with Crippen LogP contribution in [0.5, 0.6) is 0 Å². The summed E-state index contributed by atoms with van der Waals surface area (Å²) in [5.41, 5.74) is 5.20. The molecule has 0 aromatic heterocycles. The molecule has 17 heavy (non-hydrogen) atoms. The van der Waals surface area contributed by atoms with Crippen molar-refractivity contribution in [1.82, 2.24) is 0 Å². The van der Waals surface area contributed by atoms with Crippen molar-refractivity contribution in [3.63, 3.8) is 0 Å². The molecule has 82 valence electrons. The maximum atomic E-state index is 2.27. The highest BCUT2D eigenvalue weighted by molar-refractivity contribution is 5.79. The summed E-state index contributed by atoms with van der Waals surface area (Å²) in [6, 6.07) is 19.2. The zero-order chi connectivity index (χ0) is 11.5. The SMILES string of the molecule is C1=CC(c2cccc(-c3ccccc3)c2)=CC1. The Labute approximate surface area is 102 Å². The van der Waals surface area contributed by atoms with Crippen LogP contribution in [0.25, 0.3) is 16.7 Å². The maximum absolute atomic E-state index is 2.27. The lowest BCUT2D eigenvalue weighted by Gasteiger charge is -2.05. The summed E-state index contributed by atoms with van der Waals surface area (Å²) >= 11 is 0. The average molecular weight is 218 g/mol. The van der Waals surface area contributed by atoms with Gasteiger partial charge in [-0.15, -0.1) is 0 Å². The van der Waals surface area contributed by atoms with Gasteiger partial charge in [-0.05, 0) is 34.8 Å². The minimum absolute atomic E-state index is 1.06. The van der Waals surface area contributed by atoms with E-state index in [0.717, 1.165) is 6.42 Å². The lowest BCUT2D eigenvalue weighted by atomic mass is 10.00. The molecule has 2 aromatic carbocycles. The second kappa shape index (κ2) is 4.42. The van der Waals surface area contributed by atoms with Crippen molar-refractivity contribution in [1.29, 1.82) is 0 Å². The molecule has 0 unspecified atom stereocenters. The van der Waals surface area contributed by atoms with Gasteiger partial charge in [0.1, 0.15) is 0 Å². The molecule has 0 atom stereocenters. The quantitative estimate of drug-likeness (QED) is 0.685. The Kier molecular flexibility index (Phi) is 2.63. The summed E-state index contributed by atoms with van der Waals surface area (Å²) in [6.07, 6.45) is 7.73. The van der Waals surface area contributed by atoms with Crippen LogP contribution in [0, 0.1) is 0 Å². The first-order valence-corrected chi connectivity index (χ1v) is 5.96. The number of hydrogen-bond acceptors (Lipinski definition) is 0. The summed E-state index contributed by atoms with van der Waals surface area (Å²) < 4.78 is 0. The third-order valence-corrected chi connectivity index (χ3v) is 3.07. The normalized spacial score (nSPS) is 13.8. The standard InChI is InChI=1S/C17H14/c1-2-7-14(8-3-1)16-11-6-12-17(13-16)15-9-4-5-10-15/h1-4,6-13H,5H2. The van der Waals surface area contributed by atoms with E-state index in [1.54, 1.807) is 0 Å². The summed E-state index contributed by atoms with van der Waals surface area (Å²) in [5.74, 6) is 0. The summed E-state index contributed by atoms with van der Waals surface area (Å²) in [5, 5.41) is 0. The van der Waals surface area contributed by atoms with Gasteiger partial charge in [0.25, 0.3) is 0 Å². The van der Waals surface area contributed by atoms with Crippen LogP contribution < -0.4 is 0 Å². The van der Waals surface area contributed by atoms with E-state index < -0.39 is 0 Å². The fraction of sp³-hybridized carbons (Fsp3) is 0.0588. The monoisotopic (exact) mass is 218 g/mol. The third kappa shape index (κ3) is 2.07. The van der Waals surface area contributed by atoms with Crippen LogP contribution in [-0.4, -0.2) is 0 Å². The van der Waals surface area contributed by atoms with Gasteiger partial charge in [-0.3, -0.25) is 0 Å². The van der Waals surface area contributed by atoms with Gasteiger partial charge in [-0.2, -0.15) is 0 Å². The highest BCUT2D eigenvalue weighted by Crippen LogP contribution is 2.26. The Morgan fingerprint density at radius 1 is 0.706 bits per heavy atom. The fourth-order valence-corrected chi connectivity index (χ4v) is 2.18. The van der Waals surface area contributed by atoms with Crippen molar-refractivity contribution in [3.8, 4) is 11.1 Å². The lowest BCUT2D eigenvalue weighted by Crippen LogP contribution is -1.82. The molecule has 0 radical (unpaired) electrons. The van der Waals surface area contributed by atoms with Crippen LogP contribution in [0.4, 0.5) is 0 Å². The zero-order valence-corrected chi connectivity index (χ0v) is 9.64. The molecule has 0 heteroatoms. The third-order valence-electron chi connectivity index (χ3n) is 3.07. The largest absolute Gasteiger partial charge is 0.0801 e. The molecule has 0 bridgehead atoms. The van der Waals surface area contributed by atoms with Crippen LogP contribution in [0.1, 0.15) is 12.0 Å². The molecule has 0 saturated carbocycles. The van der Waals surface area contributed by atoms with Gasteiger partial charge in [-0.25, -0.2) is 0 Å². The topological polar surface area (TPSA) is 0 Å². The molecular weight excluding hydrogens is 204 g/mol.